The number of hydrogen-bond donors (Lipinski definition) is 2. The summed E-state index contributed by atoms with van der Waals surface area (Å²) in [5.41, 5.74) is 3.18. The minimum Gasteiger partial charge on any atom is -0.373 e. The first-order valence-corrected chi connectivity index (χ1v) is 7.03. The third-order valence-electron chi connectivity index (χ3n) is 2.99. The van der Waals surface area contributed by atoms with Gasteiger partial charge in [0.1, 0.15) is 5.82 Å². The molecule has 0 unspecified atom stereocenters. The van der Waals surface area contributed by atoms with Gasteiger partial charge in [0, 0.05) is 28.5 Å². The lowest BCUT2D eigenvalue weighted by Crippen LogP contribution is -2.14. The fraction of sp³-hybridized carbons (Fsp3) is 0.200. The molecule has 2 aromatic rings. The van der Waals surface area contributed by atoms with Crippen molar-refractivity contribution in [2.75, 3.05) is 17.7 Å². The van der Waals surface area contributed by atoms with Gasteiger partial charge in [-0.25, -0.2) is 4.98 Å². The number of benzene rings is 1. The summed E-state index contributed by atoms with van der Waals surface area (Å²) in [6.07, 6.45) is 0. The van der Waals surface area contributed by atoms with E-state index in [4.69, 9.17) is 0 Å². The van der Waals surface area contributed by atoms with Crippen LogP contribution in [0.25, 0.3) is 0 Å². The van der Waals surface area contributed by atoms with E-state index >= 15 is 0 Å². The molecule has 1 aromatic carbocycles. The monoisotopic (exact) mass is 333 g/mol. The fourth-order valence-corrected chi connectivity index (χ4v) is 2.23. The Morgan fingerprint density at radius 3 is 2.70 bits per heavy atom. The molecule has 2 rings (SSSR count). The number of carbonyl (C=O) groups is 1. The number of anilines is 2. The maximum atomic E-state index is 12.3. The zero-order valence-corrected chi connectivity index (χ0v) is 13.2. The first-order valence-electron chi connectivity index (χ1n) is 6.24. The molecular weight excluding hydrogens is 318 g/mol. The van der Waals surface area contributed by atoms with Crippen molar-refractivity contribution in [1.82, 2.24) is 4.98 Å². The number of amides is 1. The van der Waals surface area contributed by atoms with Crippen molar-refractivity contribution in [1.29, 1.82) is 0 Å². The number of nitrogens with one attached hydrogen (secondary N) is 2. The lowest BCUT2D eigenvalue weighted by Gasteiger charge is -2.11. The van der Waals surface area contributed by atoms with Gasteiger partial charge >= 0.3 is 0 Å². The van der Waals surface area contributed by atoms with Crippen LogP contribution < -0.4 is 10.6 Å². The molecule has 0 atom stereocenters. The lowest BCUT2D eigenvalue weighted by molar-refractivity contribution is 0.102. The van der Waals surface area contributed by atoms with Crippen molar-refractivity contribution in [3.63, 3.8) is 0 Å². The van der Waals surface area contributed by atoms with Gasteiger partial charge in [0.25, 0.3) is 5.91 Å². The van der Waals surface area contributed by atoms with Gasteiger partial charge in [-0.15, -0.1) is 0 Å². The summed E-state index contributed by atoms with van der Waals surface area (Å²) in [7, 11) is 1.78. The average molecular weight is 334 g/mol. The van der Waals surface area contributed by atoms with Crippen LogP contribution in [0.5, 0.6) is 0 Å². The maximum absolute atomic E-state index is 12.3. The molecule has 0 fully saturated rings. The van der Waals surface area contributed by atoms with Crippen LogP contribution in [-0.4, -0.2) is 17.9 Å². The molecule has 1 heterocycles. The van der Waals surface area contributed by atoms with Crippen LogP contribution in [0.15, 0.2) is 34.8 Å². The van der Waals surface area contributed by atoms with Crippen molar-refractivity contribution in [2.45, 2.75) is 13.8 Å². The zero-order chi connectivity index (χ0) is 14.7. The smallest absolute Gasteiger partial charge is 0.255 e. The molecule has 0 aliphatic rings. The predicted octanol–water partition coefficient (Wildman–Crippen LogP) is 3.75. The summed E-state index contributed by atoms with van der Waals surface area (Å²) in [5, 5.41) is 5.87. The van der Waals surface area contributed by atoms with Gasteiger partial charge in [-0.05, 0) is 43.7 Å². The van der Waals surface area contributed by atoms with Crippen LogP contribution in [0.3, 0.4) is 0 Å². The molecule has 4 nitrogen and oxygen atoms in total. The Balaban J connectivity index is 2.28. The lowest BCUT2D eigenvalue weighted by atomic mass is 10.1. The number of pyridine rings is 1. The molecule has 0 aliphatic carbocycles. The van der Waals surface area contributed by atoms with Crippen molar-refractivity contribution in [3.8, 4) is 0 Å². The summed E-state index contributed by atoms with van der Waals surface area (Å²) >= 11 is 3.46. The quantitative estimate of drug-likeness (QED) is 0.899. The minimum absolute atomic E-state index is 0.145. The van der Waals surface area contributed by atoms with Crippen molar-refractivity contribution in [2.24, 2.45) is 0 Å². The van der Waals surface area contributed by atoms with Crippen molar-refractivity contribution < 1.29 is 4.79 Å². The SMILES string of the molecule is CNc1cc(C(=O)Nc2cccc(Br)c2C)cc(C)n1. The molecule has 0 bridgehead atoms. The van der Waals surface area contributed by atoms with Crippen LogP contribution >= 0.6 is 15.9 Å². The van der Waals surface area contributed by atoms with Gasteiger partial charge < -0.3 is 10.6 Å². The second kappa shape index (κ2) is 6.05. The second-order valence-electron chi connectivity index (χ2n) is 4.50. The molecule has 0 aliphatic heterocycles. The van der Waals surface area contributed by atoms with E-state index in [1.165, 1.54) is 0 Å². The number of rotatable bonds is 3. The Labute approximate surface area is 126 Å². The van der Waals surface area contributed by atoms with E-state index < -0.39 is 0 Å². The van der Waals surface area contributed by atoms with E-state index in [0.29, 0.717) is 11.4 Å². The number of carbonyl (C=O) groups excluding carboxylic acids is 1. The van der Waals surface area contributed by atoms with E-state index in [1.54, 1.807) is 19.2 Å². The van der Waals surface area contributed by atoms with Crippen LogP contribution in [0.2, 0.25) is 0 Å². The molecule has 0 saturated carbocycles. The standard InChI is InChI=1S/C15H16BrN3O/c1-9-7-11(8-14(17-3)18-9)15(20)19-13-6-4-5-12(16)10(13)2/h4-8H,1-3H3,(H,17,18)(H,19,20). The van der Waals surface area contributed by atoms with Crippen LogP contribution in [0.4, 0.5) is 11.5 Å². The molecule has 0 saturated heterocycles. The Morgan fingerprint density at radius 2 is 2.00 bits per heavy atom. The summed E-state index contributed by atoms with van der Waals surface area (Å²) in [6.45, 7) is 3.82. The molecule has 0 radical (unpaired) electrons. The van der Waals surface area contributed by atoms with Gasteiger partial charge in [-0.1, -0.05) is 22.0 Å². The molecule has 1 aromatic heterocycles. The van der Waals surface area contributed by atoms with Gasteiger partial charge in [-0.3, -0.25) is 4.79 Å². The fourth-order valence-electron chi connectivity index (χ4n) is 1.87. The van der Waals surface area contributed by atoms with E-state index in [2.05, 4.69) is 31.5 Å². The Morgan fingerprint density at radius 1 is 1.25 bits per heavy atom. The third kappa shape index (κ3) is 3.17. The summed E-state index contributed by atoms with van der Waals surface area (Å²) in [6, 6.07) is 9.22. The first-order chi connectivity index (χ1) is 9.51. The zero-order valence-electron chi connectivity index (χ0n) is 11.6. The van der Waals surface area contributed by atoms with Crippen LogP contribution in [0.1, 0.15) is 21.6 Å². The van der Waals surface area contributed by atoms with Crippen LogP contribution in [-0.2, 0) is 0 Å². The molecule has 5 heteroatoms. The molecule has 104 valence electrons. The highest BCUT2D eigenvalue weighted by Gasteiger charge is 2.10. The second-order valence-corrected chi connectivity index (χ2v) is 5.35. The molecule has 2 N–H and O–H groups in total. The topological polar surface area (TPSA) is 54.0 Å². The minimum atomic E-state index is -0.145. The van der Waals surface area contributed by atoms with Crippen molar-refractivity contribution in [3.05, 3.63) is 51.6 Å². The highest BCUT2D eigenvalue weighted by Crippen LogP contribution is 2.24. The van der Waals surface area contributed by atoms with E-state index in [1.807, 2.05) is 32.0 Å². The summed E-state index contributed by atoms with van der Waals surface area (Å²) in [4.78, 5) is 16.6. The van der Waals surface area contributed by atoms with Gasteiger partial charge in [0.2, 0.25) is 0 Å². The number of aryl methyl sites for hydroxylation is 1. The average Bonchev–Trinajstić information content (AvgIpc) is 2.43. The van der Waals surface area contributed by atoms with E-state index in [9.17, 15) is 4.79 Å². The maximum Gasteiger partial charge on any atom is 0.255 e. The van der Waals surface area contributed by atoms with Gasteiger partial charge in [-0.2, -0.15) is 0 Å². The Bertz CT molecular complexity index is 656. The van der Waals surface area contributed by atoms with Gasteiger partial charge in [0.05, 0.1) is 0 Å². The molecular formula is C15H16BrN3O. The highest BCUT2D eigenvalue weighted by molar-refractivity contribution is 9.10. The van der Waals surface area contributed by atoms with Crippen LogP contribution in [0, 0.1) is 13.8 Å². The predicted molar refractivity (Wildman–Crippen MR) is 85.4 cm³/mol. The summed E-state index contributed by atoms with van der Waals surface area (Å²) < 4.78 is 0.970. The number of halogens is 1. The normalized spacial score (nSPS) is 10.2. The number of hydrogen-bond acceptors (Lipinski definition) is 3. The van der Waals surface area contributed by atoms with Gasteiger partial charge in [0.15, 0.2) is 0 Å². The largest absolute Gasteiger partial charge is 0.373 e. The molecule has 0 spiro atoms. The Hall–Kier alpha value is -1.88. The third-order valence-corrected chi connectivity index (χ3v) is 3.85. The number of nitrogens with zero attached hydrogens (tertiary/aromatic N) is 1. The Kier molecular flexibility index (Phi) is 4.39. The molecule has 1 amide bonds. The number of aromatic nitrogens is 1. The first kappa shape index (κ1) is 14.5. The van der Waals surface area contributed by atoms with E-state index in [-0.39, 0.29) is 5.91 Å². The van der Waals surface area contributed by atoms with Crippen molar-refractivity contribution >= 4 is 33.3 Å². The molecule has 20 heavy (non-hydrogen) atoms. The van der Waals surface area contributed by atoms with E-state index in [0.717, 1.165) is 21.4 Å². The highest BCUT2D eigenvalue weighted by atomic mass is 79.9. The summed E-state index contributed by atoms with van der Waals surface area (Å²) in [5.74, 6) is 0.536.